The van der Waals surface area contributed by atoms with Crippen LogP contribution < -0.4 is 9.47 Å². The van der Waals surface area contributed by atoms with E-state index in [-0.39, 0.29) is 18.2 Å². The van der Waals surface area contributed by atoms with Crippen molar-refractivity contribution in [1.82, 2.24) is 4.90 Å². The third-order valence-corrected chi connectivity index (χ3v) is 8.47. The summed E-state index contributed by atoms with van der Waals surface area (Å²) in [5.41, 5.74) is -0.0761. The van der Waals surface area contributed by atoms with Gasteiger partial charge in [0.2, 0.25) is 6.10 Å². The molecule has 2 aliphatic carbocycles. The topological polar surface area (TPSA) is 206 Å². The molecule has 0 radical (unpaired) electrons. The summed E-state index contributed by atoms with van der Waals surface area (Å²) in [5.74, 6) is -6.32. The molecule has 1 spiro atoms. The minimum absolute atomic E-state index is 0.162. The van der Waals surface area contributed by atoms with Gasteiger partial charge < -0.3 is 44.3 Å². The number of hydrogen-bond acceptors (Lipinski definition) is 11. The lowest BCUT2D eigenvalue weighted by Gasteiger charge is -2.61. The number of methoxy groups -OCH3 is 1. The van der Waals surface area contributed by atoms with Crippen LogP contribution in [0.25, 0.3) is 0 Å². The largest absolute Gasteiger partial charge is 0.493 e. The van der Waals surface area contributed by atoms with Crippen molar-refractivity contribution in [3.05, 3.63) is 35.1 Å². The number of alkyl halides is 3. The SMILES string of the molecule is COc1ccc2c3c1O[C@H]1C(OC(=O)CCC(=O)O[C@@H](CC(=O)O)C(=O)O)=CC[C@@]4(O)[C@@H](C2)N(C)CC[C@]314.O=C(O)C(F)(F)F. The van der Waals surface area contributed by atoms with E-state index in [0.717, 1.165) is 11.1 Å². The minimum atomic E-state index is -5.08. The molecule has 5 atom stereocenters. The predicted molar refractivity (Wildman–Crippen MR) is 140 cm³/mol. The first-order valence-electron chi connectivity index (χ1n) is 13.6. The van der Waals surface area contributed by atoms with Gasteiger partial charge in [0.1, 0.15) is 5.76 Å². The Balaban J connectivity index is 0.000000591. The Hall–Kier alpha value is -4.38. The second kappa shape index (κ2) is 12.2. The molecular formula is C28H30F3NO13. The van der Waals surface area contributed by atoms with Crippen molar-refractivity contribution in [2.45, 2.75) is 74.0 Å². The normalized spacial score (nSPS) is 26.5. The summed E-state index contributed by atoms with van der Waals surface area (Å²) in [7, 11) is 3.52. The lowest BCUT2D eigenvalue weighted by atomic mass is 9.50. The number of hydrogen-bond donors (Lipinski definition) is 4. The molecule has 1 aromatic carbocycles. The van der Waals surface area contributed by atoms with Gasteiger partial charge in [-0.1, -0.05) is 6.07 Å². The molecule has 5 rings (SSSR count). The summed E-state index contributed by atoms with van der Waals surface area (Å²) >= 11 is 0. The van der Waals surface area contributed by atoms with Crippen LogP contribution in [0.4, 0.5) is 13.2 Å². The highest BCUT2D eigenvalue weighted by molar-refractivity contribution is 5.84. The van der Waals surface area contributed by atoms with Gasteiger partial charge in [-0.05, 0) is 44.1 Å². The lowest BCUT2D eigenvalue weighted by molar-refractivity contribution is -0.192. The fraction of sp³-hybridized carbons (Fsp3) is 0.536. The Kier molecular flexibility index (Phi) is 9.08. The fourth-order valence-corrected chi connectivity index (χ4v) is 6.53. The molecule has 1 fully saturated rings. The quantitative estimate of drug-likeness (QED) is 0.280. The molecule has 4 N–H and O–H groups in total. The number of carboxylic acids is 3. The summed E-state index contributed by atoms with van der Waals surface area (Å²) in [6.07, 6.45) is -6.45. The molecule has 246 valence electrons. The number of nitrogens with zero attached hydrogens (tertiary/aromatic N) is 1. The van der Waals surface area contributed by atoms with Crippen molar-refractivity contribution in [2.75, 3.05) is 20.7 Å². The van der Waals surface area contributed by atoms with Gasteiger partial charge in [0.15, 0.2) is 17.6 Å². The number of aliphatic carboxylic acids is 3. The van der Waals surface area contributed by atoms with Crippen LogP contribution in [0.3, 0.4) is 0 Å². The average Bonchev–Trinajstić information content (AvgIpc) is 3.30. The van der Waals surface area contributed by atoms with Crippen LogP contribution in [0, 0.1) is 0 Å². The Morgan fingerprint density at radius 1 is 1.11 bits per heavy atom. The van der Waals surface area contributed by atoms with Crippen LogP contribution in [0.15, 0.2) is 24.0 Å². The number of carboxylic acid groups (broad SMARTS) is 3. The van der Waals surface area contributed by atoms with Crippen molar-refractivity contribution in [3.8, 4) is 11.5 Å². The van der Waals surface area contributed by atoms with Crippen molar-refractivity contribution >= 4 is 29.8 Å². The van der Waals surface area contributed by atoms with E-state index in [9.17, 15) is 37.5 Å². The van der Waals surface area contributed by atoms with Crippen molar-refractivity contribution in [3.63, 3.8) is 0 Å². The Labute approximate surface area is 252 Å². The maximum absolute atomic E-state index is 12.7. The number of likely N-dealkylation sites (N-methyl/N-ethyl adjacent to an activating group) is 1. The number of ether oxygens (including phenoxy) is 4. The number of likely N-dealkylation sites (tertiary alicyclic amines) is 1. The van der Waals surface area contributed by atoms with Crippen molar-refractivity contribution in [2.24, 2.45) is 0 Å². The second-order valence-corrected chi connectivity index (χ2v) is 11.0. The maximum Gasteiger partial charge on any atom is 0.490 e. The number of benzene rings is 1. The smallest absolute Gasteiger partial charge is 0.490 e. The van der Waals surface area contributed by atoms with Crippen LogP contribution >= 0.6 is 0 Å². The molecule has 2 aliphatic heterocycles. The molecule has 0 aromatic heterocycles. The number of carbonyl (C=O) groups is 5. The summed E-state index contributed by atoms with van der Waals surface area (Å²) in [5, 5.41) is 37.1. The summed E-state index contributed by atoms with van der Waals surface area (Å²) < 4.78 is 54.0. The van der Waals surface area contributed by atoms with E-state index in [2.05, 4.69) is 4.90 Å². The van der Waals surface area contributed by atoms with Crippen LogP contribution in [0.2, 0.25) is 0 Å². The van der Waals surface area contributed by atoms with Gasteiger partial charge in [-0.25, -0.2) is 9.59 Å². The molecule has 45 heavy (non-hydrogen) atoms. The van der Waals surface area contributed by atoms with E-state index in [1.54, 1.807) is 6.08 Å². The molecule has 0 saturated carbocycles. The maximum atomic E-state index is 12.7. The molecule has 17 heteroatoms. The van der Waals surface area contributed by atoms with Gasteiger partial charge in [-0.15, -0.1) is 0 Å². The number of aliphatic hydroxyl groups is 1. The highest BCUT2D eigenvalue weighted by Crippen LogP contribution is 2.65. The summed E-state index contributed by atoms with van der Waals surface area (Å²) in [4.78, 5) is 57.7. The zero-order valence-corrected chi connectivity index (χ0v) is 24.0. The molecule has 1 aromatic rings. The van der Waals surface area contributed by atoms with Crippen LogP contribution in [-0.2, 0) is 45.3 Å². The Morgan fingerprint density at radius 3 is 2.33 bits per heavy atom. The fourth-order valence-electron chi connectivity index (χ4n) is 6.53. The number of piperidine rings is 1. The Bertz CT molecular complexity index is 1440. The molecule has 2 heterocycles. The third kappa shape index (κ3) is 6.01. The van der Waals surface area contributed by atoms with Crippen LogP contribution in [-0.4, -0.2) is 106 Å². The monoisotopic (exact) mass is 645 g/mol. The predicted octanol–water partition coefficient (Wildman–Crippen LogP) is 1.40. The standard InChI is InChI=1S/C26H29NO11.C2HF3O2/c1-27-10-9-25-21-13-3-4-14(35-2)22(21)38-23(25)15(7-8-26(25,34)17(27)11-13)36-19(30)5-6-20(31)37-16(24(32)33)12-18(28)29;3-2(4,5)1(6)7/h3-4,7,16-17,23,34H,5-6,8-12H2,1-2H3,(H,28,29)(H,32,33);(H,6,7)/t16-,17+,23-,25-,26+;/m0./s1. The van der Waals surface area contributed by atoms with Gasteiger partial charge >= 0.3 is 36.0 Å². The van der Waals surface area contributed by atoms with E-state index in [1.807, 2.05) is 19.2 Å². The molecule has 0 unspecified atom stereocenters. The van der Waals surface area contributed by atoms with E-state index >= 15 is 0 Å². The average molecular weight is 646 g/mol. The molecule has 1 saturated heterocycles. The van der Waals surface area contributed by atoms with Crippen molar-refractivity contribution in [1.29, 1.82) is 0 Å². The minimum Gasteiger partial charge on any atom is -0.493 e. The van der Waals surface area contributed by atoms with E-state index in [0.29, 0.717) is 30.9 Å². The van der Waals surface area contributed by atoms with Gasteiger partial charge in [-0.3, -0.25) is 14.4 Å². The highest BCUT2D eigenvalue weighted by atomic mass is 19.4. The first kappa shape index (κ1) is 33.5. The van der Waals surface area contributed by atoms with E-state index < -0.39 is 78.5 Å². The Morgan fingerprint density at radius 2 is 1.76 bits per heavy atom. The van der Waals surface area contributed by atoms with Gasteiger partial charge in [0.05, 0.1) is 37.4 Å². The molecular weight excluding hydrogens is 615 g/mol. The van der Waals surface area contributed by atoms with Crippen LogP contribution in [0.5, 0.6) is 11.5 Å². The van der Waals surface area contributed by atoms with E-state index in [1.165, 1.54) is 7.11 Å². The number of carbonyl (C=O) groups excluding carboxylic acids is 2. The van der Waals surface area contributed by atoms with Gasteiger partial charge in [0, 0.05) is 18.0 Å². The number of rotatable bonds is 9. The zero-order valence-electron chi connectivity index (χ0n) is 24.0. The van der Waals surface area contributed by atoms with Gasteiger partial charge in [0.25, 0.3) is 0 Å². The second-order valence-electron chi connectivity index (χ2n) is 11.0. The third-order valence-electron chi connectivity index (χ3n) is 8.47. The zero-order chi connectivity index (χ0) is 33.5. The highest BCUT2D eigenvalue weighted by Gasteiger charge is 2.72. The summed E-state index contributed by atoms with van der Waals surface area (Å²) in [6.45, 7) is 0.705. The van der Waals surface area contributed by atoms with Crippen molar-refractivity contribution < 1.29 is 76.5 Å². The molecule has 0 amide bonds. The van der Waals surface area contributed by atoms with Gasteiger partial charge in [-0.2, -0.15) is 13.2 Å². The lowest BCUT2D eigenvalue weighted by Crippen LogP contribution is -2.74. The number of halogens is 3. The molecule has 14 nitrogen and oxygen atoms in total. The first-order chi connectivity index (χ1) is 21.0. The van der Waals surface area contributed by atoms with Crippen LogP contribution in [0.1, 0.15) is 43.2 Å². The molecule has 4 aliphatic rings. The molecule has 2 bridgehead atoms. The first-order valence-corrected chi connectivity index (χ1v) is 13.6. The van der Waals surface area contributed by atoms with E-state index in [4.69, 9.17) is 39.1 Å². The number of esters is 2. The summed E-state index contributed by atoms with van der Waals surface area (Å²) in [6, 6.07) is 3.66.